The number of H-pyrrole nitrogens is 1. The Labute approximate surface area is 79.5 Å². The van der Waals surface area contributed by atoms with Crippen molar-refractivity contribution < 1.29 is 4.79 Å². The minimum absolute atomic E-state index is 0.166. The number of amides is 1. The molecule has 0 aliphatic rings. The number of aromatic amines is 1. The molecule has 0 unspecified atom stereocenters. The Bertz CT molecular complexity index is 489. The zero-order chi connectivity index (χ0) is 10.1. The molecule has 0 aromatic carbocycles. The number of nitrogens with zero attached hydrogens (tertiary/aromatic N) is 2. The number of hydrogen-bond donors (Lipinski definition) is 3. The first kappa shape index (κ1) is 8.49. The molecule has 2 aromatic heterocycles. The van der Waals surface area contributed by atoms with Crippen LogP contribution in [-0.2, 0) is 4.79 Å². The Morgan fingerprint density at radius 1 is 1.57 bits per heavy atom. The molecule has 0 spiro atoms. The van der Waals surface area contributed by atoms with Gasteiger partial charge in [0, 0.05) is 6.92 Å². The molecule has 6 heteroatoms. The molecule has 1 amide bonds. The summed E-state index contributed by atoms with van der Waals surface area (Å²) in [6.07, 6.45) is 2.99. The number of nitrogen functional groups attached to an aromatic ring is 1. The second-order valence-electron chi connectivity index (χ2n) is 2.86. The summed E-state index contributed by atoms with van der Waals surface area (Å²) in [5.41, 5.74) is 7.42. The zero-order valence-corrected chi connectivity index (χ0v) is 7.53. The fraction of sp³-hybridized carbons (Fsp3) is 0.125. The highest BCUT2D eigenvalue weighted by molar-refractivity contribution is 6.00. The third-order valence-electron chi connectivity index (χ3n) is 1.79. The molecule has 2 rings (SSSR count). The average molecular weight is 191 g/mol. The number of anilines is 2. The quantitative estimate of drug-likeness (QED) is 0.611. The third kappa shape index (κ3) is 1.26. The van der Waals surface area contributed by atoms with Crippen LogP contribution < -0.4 is 11.1 Å². The standard InChI is InChI=1S/C8H9N5O/c1-4(14)13-5-2-10-8(9)7-6(5)11-3-12-7/h2-3H,1H3,(H2,9,10)(H,11,12)(H,13,14). The van der Waals surface area contributed by atoms with Crippen LogP contribution in [-0.4, -0.2) is 20.9 Å². The molecule has 72 valence electrons. The number of aromatic nitrogens is 3. The van der Waals surface area contributed by atoms with Gasteiger partial charge in [0.25, 0.3) is 0 Å². The summed E-state index contributed by atoms with van der Waals surface area (Å²) in [6, 6.07) is 0. The van der Waals surface area contributed by atoms with Crippen molar-refractivity contribution in [1.29, 1.82) is 0 Å². The van der Waals surface area contributed by atoms with Crippen molar-refractivity contribution in [2.45, 2.75) is 6.92 Å². The average Bonchev–Trinajstić information content (AvgIpc) is 2.58. The number of nitrogens with one attached hydrogen (secondary N) is 2. The van der Waals surface area contributed by atoms with Crippen molar-refractivity contribution in [1.82, 2.24) is 15.0 Å². The van der Waals surface area contributed by atoms with E-state index in [1.165, 1.54) is 19.4 Å². The molecule has 14 heavy (non-hydrogen) atoms. The number of pyridine rings is 1. The molecule has 0 atom stereocenters. The first-order valence-electron chi connectivity index (χ1n) is 4.03. The SMILES string of the molecule is CC(=O)Nc1cnc(N)c2[nH]cnc12. The highest BCUT2D eigenvalue weighted by Gasteiger charge is 2.08. The van der Waals surface area contributed by atoms with Crippen LogP contribution >= 0.6 is 0 Å². The summed E-state index contributed by atoms with van der Waals surface area (Å²) in [5, 5.41) is 2.62. The highest BCUT2D eigenvalue weighted by atomic mass is 16.1. The van der Waals surface area contributed by atoms with Crippen LogP contribution in [0, 0.1) is 0 Å². The second kappa shape index (κ2) is 2.99. The predicted octanol–water partition coefficient (Wildman–Crippen LogP) is 0.498. The minimum atomic E-state index is -0.166. The van der Waals surface area contributed by atoms with E-state index in [2.05, 4.69) is 20.3 Å². The number of carbonyl (C=O) groups excluding carboxylic acids is 1. The number of hydrogen-bond acceptors (Lipinski definition) is 4. The lowest BCUT2D eigenvalue weighted by Crippen LogP contribution is -2.07. The second-order valence-corrected chi connectivity index (χ2v) is 2.86. The van der Waals surface area contributed by atoms with Gasteiger partial charge in [0.2, 0.25) is 5.91 Å². The molecule has 0 bridgehead atoms. The number of rotatable bonds is 1. The van der Waals surface area contributed by atoms with Crippen LogP contribution in [0.25, 0.3) is 11.0 Å². The highest BCUT2D eigenvalue weighted by Crippen LogP contribution is 2.22. The first-order chi connectivity index (χ1) is 6.68. The van der Waals surface area contributed by atoms with E-state index in [4.69, 9.17) is 5.73 Å². The van der Waals surface area contributed by atoms with Crippen LogP contribution in [0.1, 0.15) is 6.92 Å². The molecule has 4 N–H and O–H groups in total. The van der Waals surface area contributed by atoms with E-state index in [0.29, 0.717) is 22.5 Å². The van der Waals surface area contributed by atoms with Gasteiger partial charge in [-0.25, -0.2) is 9.97 Å². The molecular formula is C8H9N5O. The Morgan fingerprint density at radius 2 is 2.36 bits per heavy atom. The van der Waals surface area contributed by atoms with Crippen molar-refractivity contribution in [2.24, 2.45) is 0 Å². The third-order valence-corrected chi connectivity index (χ3v) is 1.79. The van der Waals surface area contributed by atoms with Gasteiger partial charge in [0.1, 0.15) is 16.9 Å². The maximum Gasteiger partial charge on any atom is 0.221 e. The monoisotopic (exact) mass is 191 g/mol. The van der Waals surface area contributed by atoms with Crippen LogP contribution in [0.3, 0.4) is 0 Å². The smallest absolute Gasteiger partial charge is 0.221 e. The summed E-state index contributed by atoms with van der Waals surface area (Å²) < 4.78 is 0. The zero-order valence-electron chi connectivity index (χ0n) is 7.53. The number of nitrogens with two attached hydrogens (primary N) is 1. The maximum absolute atomic E-state index is 10.9. The Balaban J connectivity index is 2.60. The van der Waals surface area contributed by atoms with Gasteiger partial charge in [0.05, 0.1) is 18.2 Å². The van der Waals surface area contributed by atoms with E-state index in [1.807, 2.05) is 0 Å². The van der Waals surface area contributed by atoms with E-state index in [0.717, 1.165) is 0 Å². The molecular weight excluding hydrogens is 182 g/mol. The summed E-state index contributed by atoms with van der Waals surface area (Å²) >= 11 is 0. The summed E-state index contributed by atoms with van der Waals surface area (Å²) in [6.45, 7) is 1.43. The van der Waals surface area contributed by atoms with Gasteiger partial charge in [-0.1, -0.05) is 0 Å². The summed E-state index contributed by atoms with van der Waals surface area (Å²) in [5.74, 6) is 0.201. The van der Waals surface area contributed by atoms with Crippen molar-refractivity contribution in [3.63, 3.8) is 0 Å². The van der Waals surface area contributed by atoms with Gasteiger partial charge < -0.3 is 16.0 Å². The normalized spacial score (nSPS) is 10.4. The van der Waals surface area contributed by atoms with E-state index in [9.17, 15) is 4.79 Å². The molecule has 0 radical (unpaired) electrons. The van der Waals surface area contributed by atoms with Gasteiger partial charge in [0.15, 0.2) is 0 Å². The largest absolute Gasteiger partial charge is 0.382 e. The van der Waals surface area contributed by atoms with Crippen LogP contribution in [0.15, 0.2) is 12.5 Å². The van der Waals surface area contributed by atoms with Crippen molar-refractivity contribution >= 4 is 28.4 Å². The van der Waals surface area contributed by atoms with Crippen molar-refractivity contribution in [3.8, 4) is 0 Å². The molecule has 0 saturated heterocycles. The van der Waals surface area contributed by atoms with Crippen LogP contribution in [0.4, 0.5) is 11.5 Å². The minimum Gasteiger partial charge on any atom is -0.382 e. The molecule has 0 aliphatic heterocycles. The molecule has 0 saturated carbocycles. The first-order valence-corrected chi connectivity index (χ1v) is 4.03. The lowest BCUT2D eigenvalue weighted by molar-refractivity contribution is -0.114. The van der Waals surface area contributed by atoms with E-state index < -0.39 is 0 Å². The molecule has 6 nitrogen and oxygen atoms in total. The summed E-state index contributed by atoms with van der Waals surface area (Å²) in [7, 11) is 0. The van der Waals surface area contributed by atoms with Crippen molar-refractivity contribution in [3.05, 3.63) is 12.5 Å². The fourth-order valence-electron chi connectivity index (χ4n) is 1.23. The lowest BCUT2D eigenvalue weighted by atomic mass is 10.3. The molecule has 0 fully saturated rings. The van der Waals surface area contributed by atoms with Gasteiger partial charge in [-0.2, -0.15) is 0 Å². The van der Waals surface area contributed by atoms with Crippen LogP contribution in [0.2, 0.25) is 0 Å². The van der Waals surface area contributed by atoms with E-state index in [-0.39, 0.29) is 5.91 Å². The van der Waals surface area contributed by atoms with E-state index in [1.54, 1.807) is 0 Å². The molecule has 0 aliphatic carbocycles. The summed E-state index contributed by atoms with van der Waals surface area (Å²) in [4.78, 5) is 21.7. The van der Waals surface area contributed by atoms with Crippen molar-refractivity contribution in [2.75, 3.05) is 11.1 Å². The van der Waals surface area contributed by atoms with Crippen LogP contribution in [0.5, 0.6) is 0 Å². The van der Waals surface area contributed by atoms with Gasteiger partial charge in [-0.3, -0.25) is 4.79 Å². The number of carbonyl (C=O) groups is 1. The van der Waals surface area contributed by atoms with Gasteiger partial charge in [-0.05, 0) is 0 Å². The maximum atomic E-state index is 10.9. The van der Waals surface area contributed by atoms with E-state index >= 15 is 0 Å². The Morgan fingerprint density at radius 3 is 3.07 bits per heavy atom. The predicted molar refractivity (Wildman–Crippen MR) is 52.6 cm³/mol. The topological polar surface area (TPSA) is 96.7 Å². The number of imidazole rings is 1. The lowest BCUT2D eigenvalue weighted by Gasteiger charge is -2.02. The van der Waals surface area contributed by atoms with Gasteiger partial charge in [-0.15, -0.1) is 0 Å². The Hall–Kier alpha value is -2.11. The fourth-order valence-corrected chi connectivity index (χ4v) is 1.23. The Kier molecular flexibility index (Phi) is 1.81. The molecule has 2 heterocycles. The number of fused-ring (bicyclic) bond motifs is 1. The van der Waals surface area contributed by atoms with Gasteiger partial charge >= 0.3 is 0 Å². The molecule has 2 aromatic rings.